The second-order valence-corrected chi connectivity index (χ2v) is 6.79. The summed E-state index contributed by atoms with van der Waals surface area (Å²) < 4.78 is 1.08. The van der Waals surface area contributed by atoms with Crippen LogP contribution in [-0.4, -0.2) is 23.4 Å². The van der Waals surface area contributed by atoms with E-state index in [4.69, 9.17) is 5.73 Å². The Bertz CT molecular complexity index is 414. The van der Waals surface area contributed by atoms with E-state index in [-0.39, 0.29) is 11.4 Å². The molecule has 0 aliphatic heterocycles. The van der Waals surface area contributed by atoms with Crippen molar-refractivity contribution in [3.8, 4) is 0 Å². The van der Waals surface area contributed by atoms with Crippen molar-refractivity contribution in [3.63, 3.8) is 0 Å². The topological polar surface area (TPSA) is 46.3 Å². The van der Waals surface area contributed by atoms with Gasteiger partial charge in [0.1, 0.15) is 0 Å². The lowest BCUT2D eigenvalue weighted by atomic mass is 9.75. The van der Waals surface area contributed by atoms with Gasteiger partial charge in [-0.15, -0.1) is 11.3 Å². The molecule has 1 aliphatic carbocycles. The van der Waals surface area contributed by atoms with Gasteiger partial charge in [0, 0.05) is 33.7 Å². The molecule has 1 aromatic heterocycles. The number of halogens is 1. The molecule has 3 nitrogen and oxygen atoms in total. The highest BCUT2D eigenvalue weighted by molar-refractivity contribution is 9.10. The fourth-order valence-corrected chi connectivity index (χ4v) is 3.51. The molecule has 94 valence electrons. The number of hydrogen-bond acceptors (Lipinski definition) is 3. The van der Waals surface area contributed by atoms with E-state index in [0.717, 1.165) is 23.7 Å². The Balaban J connectivity index is 1.86. The molecule has 17 heavy (non-hydrogen) atoms. The van der Waals surface area contributed by atoms with E-state index in [2.05, 4.69) is 22.0 Å². The van der Waals surface area contributed by atoms with Crippen LogP contribution in [0.5, 0.6) is 0 Å². The Morgan fingerprint density at radius 3 is 2.82 bits per heavy atom. The molecule has 0 aromatic carbocycles. The van der Waals surface area contributed by atoms with Crippen LogP contribution in [-0.2, 0) is 11.3 Å². The van der Waals surface area contributed by atoms with Crippen LogP contribution in [0.2, 0.25) is 0 Å². The van der Waals surface area contributed by atoms with Gasteiger partial charge in [0.05, 0.1) is 6.54 Å². The average Bonchev–Trinajstić information content (AvgIpc) is 2.61. The predicted octanol–water partition coefficient (Wildman–Crippen LogP) is 2.74. The van der Waals surface area contributed by atoms with Crippen molar-refractivity contribution in [2.45, 2.75) is 37.8 Å². The molecule has 1 aliphatic rings. The zero-order chi connectivity index (χ0) is 12.5. The van der Waals surface area contributed by atoms with Crippen LogP contribution in [0.25, 0.3) is 0 Å². The third-order valence-corrected chi connectivity index (χ3v) is 4.98. The summed E-state index contributed by atoms with van der Waals surface area (Å²) in [6.45, 7) is 0.672. The quantitative estimate of drug-likeness (QED) is 0.928. The normalized spacial score (nSPS) is 17.6. The molecule has 1 aromatic rings. The molecule has 1 saturated carbocycles. The summed E-state index contributed by atoms with van der Waals surface area (Å²) in [5.41, 5.74) is 5.87. The lowest BCUT2D eigenvalue weighted by Crippen LogP contribution is -2.50. The number of carbonyl (C=O) groups excluding carboxylic acids is 1. The van der Waals surface area contributed by atoms with E-state index in [0.29, 0.717) is 13.0 Å². The second-order valence-electron chi connectivity index (χ2n) is 4.87. The number of thiophene rings is 1. The van der Waals surface area contributed by atoms with Gasteiger partial charge in [-0.05, 0) is 41.3 Å². The minimum atomic E-state index is -0.221. The minimum absolute atomic E-state index is 0.150. The Hall–Kier alpha value is -0.390. The van der Waals surface area contributed by atoms with E-state index in [1.165, 1.54) is 4.88 Å². The van der Waals surface area contributed by atoms with E-state index in [1.807, 2.05) is 12.4 Å². The fourth-order valence-electron chi connectivity index (χ4n) is 2.00. The standard InChI is InChI=1S/C12H17BrN2OS/c1-15(7-10-5-9(13)8-17-10)11(16)6-12(14)3-2-4-12/h5,8H,2-4,6-7,14H2,1H3. The van der Waals surface area contributed by atoms with Crippen LogP contribution in [0.4, 0.5) is 0 Å². The van der Waals surface area contributed by atoms with Crippen LogP contribution in [0.15, 0.2) is 15.9 Å². The van der Waals surface area contributed by atoms with Crippen LogP contribution in [0.1, 0.15) is 30.6 Å². The number of rotatable bonds is 4. The lowest BCUT2D eigenvalue weighted by Gasteiger charge is -2.38. The van der Waals surface area contributed by atoms with Crippen molar-refractivity contribution in [3.05, 3.63) is 20.8 Å². The maximum atomic E-state index is 12.0. The van der Waals surface area contributed by atoms with Gasteiger partial charge in [-0.1, -0.05) is 0 Å². The number of hydrogen-bond donors (Lipinski definition) is 1. The minimum Gasteiger partial charge on any atom is -0.341 e. The Kier molecular flexibility index (Phi) is 3.90. The maximum absolute atomic E-state index is 12.0. The van der Waals surface area contributed by atoms with Crippen LogP contribution >= 0.6 is 27.3 Å². The summed E-state index contributed by atoms with van der Waals surface area (Å²) in [6, 6.07) is 2.05. The molecule has 2 N–H and O–H groups in total. The highest BCUT2D eigenvalue weighted by Crippen LogP contribution is 2.32. The Morgan fingerprint density at radius 1 is 1.65 bits per heavy atom. The van der Waals surface area contributed by atoms with Crippen LogP contribution in [0, 0.1) is 0 Å². The van der Waals surface area contributed by atoms with Crippen molar-refractivity contribution in [1.29, 1.82) is 0 Å². The molecule has 5 heteroatoms. The summed E-state index contributed by atoms with van der Waals surface area (Å²) in [7, 11) is 1.85. The van der Waals surface area contributed by atoms with Gasteiger partial charge in [-0.25, -0.2) is 0 Å². The van der Waals surface area contributed by atoms with Gasteiger partial charge in [0.25, 0.3) is 0 Å². The summed E-state index contributed by atoms with van der Waals surface area (Å²) in [5, 5.41) is 2.03. The van der Waals surface area contributed by atoms with Gasteiger partial charge in [0.15, 0.2) is 0 Å². The molecule has 0 unspecified atom stereocenters. The van der Waals surface area contributed by atoms with Gasteiger partial charge in [-0.2, -0.15) is 0 Å². The van der Waals surface area contributed by atoms with Crippen molar-refractivity contribution >= 4 is 33.2 Å². The molecule has 0 saturated heterocycles. The monoisotopic (exact) mass is 316 g/mol. The molecular formula is C12H17BrN2OS. The van der Waals surface area contributed by atoms with E-state index in [1.54, 1.807) is 16.2 Å². The second kappa shape index (κ2) is 5.08. The van der Waals surface area contributed by atoms with Crippen molar-refractivity contribution < 1.29 is 4.79 Å². The first kappa shape index (κ1) is 13.1. The number of nitrogens with zero attached hydrogens (tertiary/aromatic N) is 1. The first-order valence-corrected chi connectivity index (χ1v) is 7.42. The van der Waals surface area contributed by atoms with Crippen LogP contribution in [0.3, 0.4) is 0 Å². The molecule has 0 radical (unpaired) electrons. The largest absolute Gasteiger partial charge is 0.341 e. The van der Waals surface area contributed by atoms with Gasteiger partial charge < -0.3 is 10.6 Å². The first-order chi connectivity index (χ1) is 7.98. The molecule has 1 amide bonds. The molecular weight excluding hydrogens is 300 g/mol. The smallest absolute Gasteiger partial charge is 0.224 e. The SMILES string of the molecule is CN(Cc1cc(Br)cs1)C(=O)CC1(N)CCC1. The van der Waals surface area contributed by atoms with Crippen molar-refractivity contribution in [2.24, 2.45) is 5.73 Å². The summed E-state index contributed by atoms with van der Waals surface area (Å²) >= 11 is 5.08. The number of amides is 1. The summed E-state index contributed by atoms with van der Waals surface area (Å²) in [4.78, 5) is 15.0. The fraction of sp³-hybridized carbons (Fsp3) is 0.583. The molecule has 0 bridgehead atoms. The summed E-state index contributed by atoms with van der Waals surface area (Å²) in [5.74, 6) is 0.150. The van der Waals surface area contributed by atoms with Gasteiger partial charge in [-0.3, -0.25) is 4.79 Å². The van der Waals surface area contributed by atoms with Gasteiger partial charge in [0.2, 0.25) is 5.91 Å². The van der Waals surface area contributed by atoms with Crippen molar-refractivity contribution in [1.82, 2.24) is 4.90 Å². The summed E-state index contributed by atoms with van der Waals surface area (Å²) in [6.07, 6.45) is 3.61. The number of nitrogens with two attached hydrogens (primary N) is 1. The highest BCUT2D eigenvalue weighted by atomic mass is 79.9. The maximum Gasteiger partial charge on any atom is 0.224 e. The highest BCUT2D eigenvalue weighted by Gasteiger charge is 2.35. The average molecular weight is 317 g/mol. The van der Waals surface area contributed by atoms with Crippen molar-refractivity contribution in [2.75, 3.05) is 7.05 Å². The first-order valence-electron chi connectivity index (χ1n) is 5.74. The number of carbonyl (C=O) groups is 1. The zero-order valence-corrected chi connectivity index (χ0v) is 12.3. The molecule has 2 rings (SSSR count). The molecule has 1 heterocycles. The third-order valence-electron chi connectivity index (χ3n) is 3.29. The van der Waals surface area contributed by atoms with Crippen LogP contribution < -0.4 is 5.73 Å². The Morgan fingerprint density at radius 2 is 2.35 bits per heavy atom. The molecule has 0 atom stereocenters. The Labute approximate surface area is 114 Å². The van der Waals surface area contributed by atoms with E-state index >= 15 is 0 Å². The van der Waals surface area contributed by atoms with Gasteiger partial charge >= 0.3 is 0 Å². The zero-order valence-electron chi connectivity index (χ0n) is 9.91. The lowest BCUT2D eigenvalue weighted by molar-refractivity contribution is -0.132. The molecule has 1 fully saturated rings. The predicted molar refractivity (Wildman–Crippen MR) is 73.9 cm³/mol. The van der Waals surface area contributed by atoms with E-state index < -0.39 is 0 Å². The molecule has 0 spiro atoms. The van der Waals surface area contributed by atoms with E-state index in [9.17, 15) is 4.79 Å². The third kappa shape index (κ3) is 3.30.